The van der Waals surface area contributed by atoms with Crippen LogP contribution in [0.2, 0.25) is 0 Å². The average Bonchev–Trinajstić information content (AvgIpc) is 2.10. The monoisotopic (exact) mass is 172 g/mol. The Labute approximate surface area is 75.6 Å². The van der Waals surface area contributed by atoms with Gasteiger partial charge in [-0.1, -0.05) is 13.0 Å². The van der Waals surface area contributed by atoms with Crippen LogP contribution in [0, 0.1) is 0 Å². The van der Waals surface area contributed by atoms with E-state index in [2.05, 4.69) is 6.92 Å². The van der Waals surface area contributed by atoms with E-state index in [-0.39, 0.29) is 0 Å². The van der Waals surface area contributed by atoms with E-state index in [4.69, 9.17) is 9.47 Å². The summed E-state index contributed by atoms with van der Waals surface area (Å²) >= 11 is 0. The fourth-order valence-corrected chi connectivity index (χ4v) is 0.800. The summed E-state index contributed by atoms with van der Waals surface area (Å²) in [6, 6.07) is 0. The maximum atomic E-state index is 5.32. The molecule has 0 fully saturated rings. The minimum Gasteiger partial charge on any atom is -0.502 e. The van der Waals surface area contributed by atoms with Crippen molar-refractivity contribution in [3.8, 4) is 0 Å². The van der Waals surface area contributed by atoms with Gasteiger partial charge in [0, 0.05) is 13.2 Å². The van der Waals surface area contributed by atoms with Crippen LogP contribution in [-0.2, 0) is 9.47 Å². The first-order chi connectivity index (χ1) is 5.91. The summed E-state index contributed by atoms with van der Waals surface area (Å²) in [5.41, 5.74) is 0. The van der Waals surface area contributed by atoms with Crippen LogP contribution >= 0.6 is 0 Å². The van der Waals surface area contributed by atoms with Gasteiger partial charge in [-0.2, -0.15) is 0 Å². The van der Waals surface area contributed by atoms with Gasteiger partial charge in [0.15, 0.2) is 0 Å². The highest BCUT2D eigenvalue weighted by Crippen LogP contribution is 1.92. The topological polar surface area (TPSA) is 18.5 Å². The smallest absolute Gasteiger partial charge is 0.0874 e. The molecule has 0 aromatic carbocycles. The molecule has 0 unspecified atom stereocenters. The van der Waals surface area contributed by atoms with Crippen molar-refractivity contribution in [2.24, 2.45) is 0 Å². The zero-order valence-corrected chi connectivity index (χ0v) is 8.21. The average molecular weight is 172 g/mol. The van der Waals surface area contributed by atoms with Gasteiger partial charge in [0.1, 0.15) is 0 Å². The van der Waals surface area contributed by atoms with Crippen LogP contribution in [0.4, 0.5) is 0 Å². The van der Waals surface area contributed by atoms with Crippen molar-refractivity contribution in [3.63, 3.8) is 0 Å². The predicted molar refractivity (Wildman–Crippen MR) is 51.1 cm³/mol. The molecule has 72 valence electrons. The van der Waals surface area contributed by atoms with Crippen LogP contribution in [-0.4, -0.2) is 19.8 Å². The molecular weight excluding hydrogens is 152 g/mol. The fourth-order valence-electron chi connectivity index (χ4n) is 0.800. The van der Waals surface area contributed by atoms with Gasteiger partial charge in [0.05, 0.1) is 12.9 Å². The molecule has 12 heavy (non-hydrogen) atoms. The third kappa shape index (κ3) is 9.50. The van der Waals surface area contributed by atoms with E-state index in [0.29, 0.717) is 0 Å². The lowest BCUT2D eigenvalue weighted by molar-refractivity contribution is 0.124. The molecule has 0 amide bonds. The highest BCUT2D eigenvalue weighted by Gasteiger charge is 1.87. The quantitative estimate of drug-likeness (QED) is 0.414. The van der Waals surface area contributed by atoms with E-state index < -0.39 is 0 Å². The number of ether oxygens (including phenoxy) is 2. The molecule has 2 nitrogen and oxygen atoms in total. The molecule has 0 saturated carbocycles. The summed E-state index contributed by atoms with van der Waals surface area (Å²) in [7, 11) is 0. The van der Waals surface area contributed by atoms with Gasteiger partial charge in [0.25, 0.3) is 0 Å². The number of rotatable bonds is 8. The van der Waals surface area contributed by atoms with Crippen molar-refractivity contribution in [2.45, 2.75) is 33.1 Å². The molecule has 0 N–H and O–H groups in total. The Hall–Kier alpha value is -0.500. The minimum absolute atomic E-state index is 0.805. The Kier molecular flexibility index (Phi) is 10.1. The van der Waals surface area contributed by atoms with Crippen molar-refractivity contribution < 1.29 is 9.47 Å². The van der Waals surface area contributed by atoms with Crippen LogP contribution in [0.1, 0.15) is 33.1 Å². The number of allylic oxidation sites excluding steroid dienone is 1. The summed E-state index contributed by atoms with van der Waals surface area (Å²) in [4.78, 5) is 0. The van der Waals surface area contributed by atoms with Crippen LogP contribution in [0.3, 0.4) is 0 Å². The summed E-state index contributed by atoms with van der Waals surface area (Å²) in [5.74, 6) is 0. The highest BCUT2D eigenvalue weighted by atomic mass is 16.5. The van der Waals surface area contributed by atoms with Gasteiger partial charge < -0.3 is 9.47 Å². The molecule has 0 spiro atoms. The zero-order chi connectivity index (χ0) is 9.07. The molecule has 0 saturated heterocycles. The van der Waals surface area contributed by atoms with Crippen LogP contribution in [0.15, 0.2) is 12.3 Å². The number of hydrogen-bond acceptors (Lipinski definition) is 2. The van der Waals surface area contributed by atoms with Crippen molar-refractivity contribution in [2.75, 3.05) is 19.8 Å². The minimum atomic E-state index is 0.805. The van der Waals surface area contributed by atoms with Crippen LogP contribution in [0.25, 0.3) is 0 Å². The zero-order valence-electron chi connectivity index (χ0n) is 8.21. The third-order valence-electron chi connectivity index (χ3n) is 1.38. The molecule has 0 aliphatic rings. The lowest BCUT2D eigenvalue weighted by Crippen LogP contribution is -1.97. The Morgan fingerprint density at radius 2 is 1.83 bits per heavy atom. The first-order valence-electron chi connectivity index (χ1n) is 4.72. The van der Waals surface area contributed by atoms with Gasteiger partial charge in [-0.05, 0) is 26.2 Å². The fraction of sp³-hybridized carbons (Fsp3) is 0.800. The van der Waals surface area contributed by atoms with E-state index in [1.54, 1.807) is 6.26 Å². The molecule has 0 aromatic heterocycles. The normalized spacial score (nSPS) is 10.8. The third-order valence-corrected chi connectivity index (χ3v) is 1.38. The molecule has 2 heteroatoms. The van der Waals surface area contributed by atoms with Crippen molar-refractivity contribution in [1.82, 2.24) is 0 Å². The first-order valence-corrected chi connectivity index (χ1v) is 4.72. The van der Waals surface area contributed by atoms with Crippen LogP contribution < -0.4 is 0 Å². The molecule has 0 heterocycles. The predicted octanol–water partition coefficient (Wildman–Crippen LogP) is 2.74. The molecule has 0 atom stereocenters. The molecule has 0 rings (SSSR count). The molecular formula is C10H20O2. The maximum absolute atomic E-state index is 5.32. The van der Waals surface area contributed by atoms with E-state index in [0.717, 1.165) is 39.1 Å². The van der Waals surface area contributed by atoms with Gasteiger partial charge >= 0.3 is 0 Å². The Bertz CT molecular complexity index is 100. The SMILES string of the molecule is CC=COCCCCOCCC. The Morgan fingerprint density at radius 3 is 2.50 bits per heavy atom. The second-order valence-electron chi connectivity index (χ2n) is 2.66. The maximum Gasteiger partial charge on any atom is 0.0874 e. The van der Waals surface area contributed by atoms with E-state index in [1.165, 1.54) is 0 Å². The van der Waals surface area contributed by atoms with E-state index in [9.17, 15) is 0 Å². The molecule has 0 aliphatic carbocycles. The first kappa shape index (κ1) is 11.5. The Balaban J connectivity index is 2.81. The molecule has 0 aliphatic heterocycles. The van der Waals surface area contributed by atoms with Crippen molar-refractivity contribution >= 4 is 0 Å². The summed E-state index contributed by atoms with van der Waals surface area (Å²) < 4.78 is 10.5. The summed E-state index contributed by atoms with van der Waals surface area (Å²) in [6.45, 7) is 6.63. The number of hydrogen-bond donors (Lipinski definition) is 0. The lowest BCUT2D eigenvalue weighted by Gasteiger charge is -2.02. The second kappa shape index (κ2) is 10.5. The van der Waals surface area contributed by atoms with Crippen molar-refractivity contribution in [1.29, 1.82) is 0 Å². The van der Waals surface area contributed by atoms with E-state index >= 15 is 0 Å². The van der Waals surface area contributed by atoms with Crippen LogP contribution in [0.5, 0.6) is 0 Å². The van der Waals surface area contributed by atoms with Gasteiger partial charge in [-0.15, -0.1) is 0 Å². The highest BCUT2D eigenvalue weighted by molar-refractivity contribution is 4.64. The largest absolute Gasteiger partial charge is 0.502 e. The van der Waals surface area contributed by atoms with E-state index in [1.807, 2.05) is 13.0 Å². The summed E-state index contributed by atoms with van der Waals surface area (Å²) in [5, 5.41) is 0. The second-order valence-corrected chi connectivity index (χ2v) is 2.66. The Morgan fingerprint density at radius 1 is 1.08 bits per heavy atom. The lowest BCUT2D eigenvalue weighted by atomic mass is 10.3. The molecule has 0 radical (unpaired) electrons. The van der Waals surface area contributed by atoms with Crippen molar-refractivity contribution in [3.05, 3.63) is 12.3 Å². The standard InChI is InChI=1S/C10H20O2/c1-3-7-11-9-5-6-10-12-8-4-2/h3,7H,4-6,8-10H2,1-2H3. The molecule has 0 aromatic rings. The molecule has 0 bridgehead atoms. The van der Waals surface area contributed by atoms with Gasteiger partial charge in [-0.3, -0.25) is 0 Å². The van der Waals surface area contributed by atoms with Gasteiger partial charge in [0.2, 0.25) is 0 Å². The van der Waals surface area contributed by atoms with Gasteiger partial charge in [-0.25, -0.2) is 0 Å². The summed E-state index contributed by atoms with van der Waals surface area (Å²) in [6.07, 6.45) is 6.90. The number of unbranched alkanes of at least 4 members (excludes halogenated alkanes) is 1.